The van der Waals surface area contributed by atoms with E-state index < -0.39 is 0 Å². The van der Waals surface area contributed by atoms with E-state index in [-0.39, 0.29) is 5.56 Å². The number of hydrogen-bond acceptors (Lipinski definition) is 4. The van der Waals surface area contributed by atoms with Crippen molar-refractivity contribution >= 4 is 11.0 Å². The topological polar surface area (TPSA) is 77.7 Å². The minimum atomic E-state index is -0.0187. The van der Waals surface area contributed by atoms with Crippen molar-refractivity contribution in [3.8, 4) is 33.8 Å². The van der Waals surface area contributed by atoms with E-state index in [2.05, 4.69) is 10.1 Å². The lowest BCUT2D eigenvalue weighted by atomic mass is 10.0. The van der Waals surface area contributed by atoms with Gasteiger partial charge in [0.05, 0.1) is 11.7 Å². The highest BCUT2D eigenvalue weighted by Gasteiger charge is 2.18. The summed E-state index contributed by atoms with van der Waals surface area (Å²) in [6, 6.07) is 13.8. The zero-order chi connectivity index (χ0) is 22.4. The molecule has 1 N–H and O–H groups in total. The van der Waals surface area contributed by atoms with Crippen molar-refractivity contribution in [1.29, 1.82) is 0 Å². The molecule has 0 saturated carbocycles. The molecule has 5 aromatic rings. The summed E-state index contributed by atoms with van der Waals surface area (Å²) in [7, 11) is 3.65. The Morgan fingerprint density at radius 2 is 1.78 bits per heavy atom. The van der Waals surface area contributed by atoms with Crippen LogP contribution in [0.2, 0.25) is 0 Å². The molecule has 0 saturated heterocycles. The van der Waals surface area contributed by atoms with Crippen LogP contribution in [0.5, 0.6) is 11.5 Å². The smallest absolute Gasteiger partial charge is 0.253 e. The first-order valence-electron chi connectivity index (χ1n) is 10.3. The molecular weight excluding hydrogens is 402 g/mol. The Morgan fingerprint density at radius 1 is 0.969 bits per heavy atom. The molecule has 0 aliphatic carbocycles. The lowest BCUT2D eigenvalue weighted by molar-refractivity contribution is 0.491. The van der Waals surface area contributed by atoms with Gasteiger partial charge in [0.1, 0.15) is 17.1 Å². The van der Waals surface area contributed by atoms with Gasteiger partial charge in [-0.25, -0.2) is 4.98 Å². The van der Waals surface area contributed by atoms with Crippen molar-refractivity contribution in [3.63, 3.8) is 0 Å². The monoisotopic (exact) mass is 425 g/mol. The van der Waals surface area contributed by atoms with Crippen molar-refractivity contribution in [2.24, 2.45) is 14.1 Å². The van der Waals surface area contributed by atoms with Crippen LogP contribution in [0.25, 0.3) is 33.3 Å². The number of imidazole rings is 1. The first kappa shape index (κ1) is 19.8. The molecule has 7 heteroatoms. The van der Waals surface area contributed by atoms with Crippen LogP contribution < -0.4 is 10.3 Å². The molecule has 0 fully saturated rings. The number of pyridine rings is 1. The van der Waals surface area contributed by atoms with Gasteiger partial charge in [0, 0.05) is 54.3 Å². The van der Waals surface area contributed by atoms with Crippen LogP contribution in [0.3, 0.4) is 0 Å². The summed E-state index contributed by atoms with van der Waals surface area (Å²) in [5, 5.41) is 4.30. The number of nitrogens with one attached hydrogen (secondary N) is 1. The second-order valence-corrected chi connectivity index (χ2v) is 7.99. The molecule has 0 unspecified atom stereocenters. The van der Waals surface area contributed by atoms with Gasteiger partial charge in [-0.2, -0.15) is 5.10 Å². The fourth-order valence-electron chi connectivity index (χ4n) is 3.99. The van der Waals surface area contributed by atoms with Gasteiger partial charge >= 0.3 is 0 Å². The first-order chi connectivity index (χ1) is 15.4. The SMILES string of the molecule is Cc1nc2c(Oc3ccccc3-c3cnn(C)c3)c(-c3cc(C)c(=O)n(C)c3)ccc2[nH]1. The third-order valence-corrected chi connectivity index (χ3v) is 5.51. The standard InChI is InChI=1S/C25H23N5O2/c1-15-11-17(13-29(3)25(15)31)20-9-10-21-23(28-16(2)27-21)24(20)32-22-8-6-5-7-19(22)18-12-26-30(4)14-18/h5-14H,1-4H3,(H,27,28). The largest absolute Gasteiger partial charge is 0.454 e. The van der Waals surface area contributed by atoms with E-state index in [9.17, 15) is 4.79 Å². The normalized spacial score (nSPS) is 11.2. The zero-order valence-corrected chi connectivity index (χ0v) is 18.4. The van der Waals surface area contributed by atoms with E-state index in [1.165, 1.54) is 0 Å². The van der Waals surface area contributed by atoms with Gasteiger partial charge < -0.3 is 14.3 Å². The second kappa shape index (κ2) is 7.53. The summed E-state index contributed by atoms with van der Waals surface area (Å²) in [4.78, 5) is 20.2. The number of aryl methyl sites for hydroxylation is 4. The number of H-pyrrole nitrogens is 1. The van der Waals surface area contributed by atoms with Crippen molar-refractivity contribution in [3.05, 3.63) is 82.8 Å². The molecule has 0 bridgehead atoms. The van der Waals surface area contributed by atoms with Crippen molar-refractivity contribution in [2.45, 2.75) is 13.8 Å². The summed E-state index contributed by atoms with van der Waals surface area (Å²) in [6.07, 6.45) is 5.60. The van der Waals surface area contributed by atoms with Gasteiger partial charge in [-0.05, 0) is 38.1 Å². The maximum Gasteiger partial charge on any atom is 0.253 e. The van der Waals surface area contributed by atoms with E-state index in [0.717, 1.165) is 39.1 Å². The third kappa shape index (κ3) is 3.37. The molecule has 0 radical (unpaired) electrons. The Hall–Kier alpha value is -4.13. The van der Waals surface area contributed by atoms with Crippen LogP contribution >= 0.6 is 0 Å². The summed E-state index contributed by atoms with van der Waals surface area (Å²) < 4.78 is 9.95. The van der Waals surface area contributed by atoms with Crippen LogP contribution in [-0.4, -0.2) is 24.3 Å². The maximum absolute atomic E-state index is 12.3. The average molecular weight is 425 g/mol. The number of aromatic amines is 1. The molecule has 3 aromatic heterocycles. The predicted octanol–water partition coefficient (Wildman–Crippen LogP) is 4.74. The number of ether oxygens (including phenoxy) is 1. The van der Waals surface area contributed by atoms with Crippen LogP contribution in [0.15, 0.2) is 65.8 Å². The van der Waals surface area contributed by atoms with Crippen LogP contribution in [0.4, 0.5) is 0 Å². The molecule has 0 spiro atoms. The number of fused-ring (bicyclic) bond motifs is 1. The minimum absolute atomic E-state index is 0.0187. The fourth-order valence-corrected chi connectivity index (χ4v) is 3.99. The molecule has 32 heavy (non-hydrogen) atoms. The zero-order valence-electron chi connectivity index (χ0n) is 18.4. The Balaban J connectivity index is 1.73. The molecule has 5 rings (SSSR count). The van der Waals surface area contributed by atoms with Gasteiger partial charge in [-0.3, -0.25) is 9.48 Å². The highest BCUT2D eigenvalue weighted by molar-refractivity contribution is 5.91. The molecule has 3 heterocycles. The Kier molecular flexibility index (Phi) is 4.66. The fraction of sp³-hybridized carbons (Fsp3) is 0.160. The lowest BCUT2D eigenvalue weighted by Gasteiger charge is -2.15. The van der Waals surface area contributed by atoms with E-state index in [0.29, 0.717) is 17.1 Å². The van der Waals surface area contributed by atoms with Crippen molar-refractivity contribution < 1.29 is 4.74 Å². The molecule has 2 aromatic carbocycles. The second-order valence-electron chi connectivity index (χ2n) is 7.99. The van der Waals surface area contributed by atoms with Gasteiger partial charge in [0.2, 0.25) is 0 Å². The van der Waals surface area contributed by atoms with Gasteiger partial charge in [0.25, 0.3) is 5.56 Å². The predicted molar refractivity (Wildman–Crippen MR) is 125 cm³/mol. The molecular formula is C25H23N5O2. The van der Waals surface area contributed by atoms with Crippen LogP contribution in [-0.2, 0) is 14.1 Å². The summed E-state index contributed by atoms with van der Waals surface area (Å²) >= 11 is 0. The molecule has 160 valence electrons. The Morgan fingerprint density at radius 3 is 2.53 bits per heavy atom. The first-order valence-corrected chi connectivity index (χ1v) is 10.3. The quantitative estimate of drug-likeness (QED) is 0.451. The van der Waals surface area contributed by atoms with Crippen molar-refractivity contribution in [2.75, 3.05) is 0 Å². The number of para-hydroxylation sites is 1. The summed E-state index contributed by atoms with van der Waals surface area (Å²) in [5.41, 5.74) is 5.94. The number of aromatic nitrogens is 5. The molecule has 0 aliphatic heterocycles. The highest BCUT2D eigenvalue weighted by atomic mass is 16.5. The number of hydrogen-bond donors (Lipinski definition) is 1. The number of nitrogens with zero attached hydrogens (tertiary/aromatic N) is 4. The summed E-state index contributed by atoms with van der Waals surface area (Å²) in [5.74, 6) is 2.15. The van der Waals surface area contributed by atoms with E-state index >= 15 is 0 Å². The van der Waals surface area contributed by atoms with Crippen molar-refractivity contribution in [1.82, 2.24) is 24.3 Å². The van der Waals surface area contributed by atoms with Crippen LogP contribution in [0.1, 0.15) is 11.4 Å². The molecule has 0 amide bonds. The molecule has 7 nitrogen and oxygen atoms in total. The molecule has 0 atom stereocenters. The maximum atomic E-state index is 12.3. The molecule has 0 aliphatic rings. The van der Waals surface area contributed by atoms with Gasteiger partial charge in [0.15, 0.2) is 5.75 Å². The Labute approximate surface area is 184 Å². The van der Waals surface area contributed by atoms with Crippen LogP contribution in [0, 0.1) is 13.8 Å². The Bertz CT molecular complexity index is 1500. The third-order valence-electron chi connectivity index (χ3n) is 5.51. The average Bonchev–Trinajstić information content (AvgIpc) is 3.37. The lowest BCUT2D eigenvalue weighted by Crippen LogP contribution is -2.18. The van der Waals surface area contributed by atoms with Gasteiger partial charge in [-0.15, -0.1) is 0 Å². The minimum Gasteiger partial charge on any atom is -0.454 e. The highest BCUT2D eigenvalue weighted by Crippen LogP contribution is 2.41. The number of benzene rings is 2. The van der Waals surface area contributed by atoms with E-state index in [1.807, 2.05) is 82.0 Å². The van der Waals surface area contributed by atoms with E-state index in [1.54, 1.807) is 16.3 Å². The van der Waals surface area contributed by atoms with E-state index in [4.69, 9.17) is 9.72 Å². The number of rotatable bonds is 4. The summed E-state index contributed by atoms with van der Waals surface area (Å²) in [6.45, 7) is 3.74. The van der Waals surface area contributed by atoms with Gasteiger partial charge in [-0.1, -0.05) is 18.2 Å².